The summed E-state index contributed by atoms with van der Waals surface area (Å²) in [6.07, 6.45) is 4.98. The van der Waals surface area contributed by atoms with Crippen molar-refractivity contribution in [3.05, 3.63) is 16.7 Å². The van der Waals surface area contributed by atoms with Gasteiger partial charge in [0.25, 0.3) is 0 Å². The Morgan fingerprint density at radius 1 is 1.59 bits per heavy atom. The standard InChI is InChI=1S/C12H18BrN3O/c13-10-6-11(14)12(15-7-10)16-4-1-2-9(8-16)3-5-17/h6-7,9,17H,1-5,8,14H2. The highest BCUT2D eigenvalue weighted by Crippen LogP contribution is 2.28. The minimum atomic E-state index is 0.266. The fraction of sp³-hybridized carbons (Fsp3) is 0.583. The topological polar surface area (TPSA) is 62.4 Å². The molecule has 3 N–H and O–H groups in total. The van der Waals surface area contributed by atoms with E-state index in [0.29, 0.717) is 11.6 Å². The fourth-order valence-corrected chi connectivity index (χ4v) is 2.74. The van der Waals surface area contributed by atoms with Gasteiger partial charge in [-0.05, 0) is 47.2 Å². The Kier molecular flexibility index (Phi) is 4.23. The number of anilines is 2. The lowest BCUT2D eigenvalue weighted by atomic mass is 9.95. The molecule has 4 nitrogen and oxygen atoms in total. The summed E-state index contributed by atoms with van der Waals surface area (Å²) >= 11 is 3.36. The van der Waals surface area contributed by atoms with Crippen LogP contribution < -0.4 is 10.6 Å². The van der Waals surface area contributed by atoms with Crippen LogP contribution in [0.15, 0.2) is 16.7 Å². The minimum Gasteiger partial charge on any atom is -0.396 e. The van der Waals surface area contributed by atoms with Gasteiger partial charge in [0.2, 0.25) is 0 Å². The number of aromatic nitrogens is 1. The Balaban J connectivity index is 2.10. The monoisotopic (exact) mass is 299 g/mol. The molecule has 0 bridgehead atoms. The van der Waals surface area contributed by atoms with Gasteiger partial charge in [-0.2, -0.15) is 0 Å². The highest BCUT2D eigenvalue weighted by Gasteiger charge is 2.21. The van der Waals surface area contributed by atoms with Gasteiger partial charge >= 0.3 is 0 Å². The van der Waals surface area contributed by atoms with Crippen LogP contribution in [0.1, 0.15) is 19.3 Å². The van der Waals surface area contributed by atoms with E-state index in [1.165, 1.54) is 6.42 Å². The van der Waals surface area contributed by atoms with E-state index in [9.17, 15) is 0 Å². The molecule has 5 heteroatoms. The van der Waals surface area contributed by atoms with Gasteiger partial charge < -0.3 is 15.7 Å². The van der Waals surface area contributed by atoms with E-state index in [1.807, 2.05) is 6.07 Å². The van der Waals surface area contributed by atoms with Crippen molar-refractivity contribution in [2.75, 3.05) is 30.3 Å². The van der Waals surface area contributed by atoms with E-state index in [1.54, 1.807) is 6.20 Å². The molecule has 1 fully saturated rings. The molecule has 1 aliphatic rings. The molecule has 17 heavy (non-hydrogen) atoms. The first kappa shape index (κ1) is 12.6. The highest BCUT2D eigenvalue weighted by atomic mass is 79.9. The molecule has 1 aromatic heterocycles. The molecule has 0 spiro atoms. The van der Waals surface area contributed by atoms with Crippen molar-refractivity contribution in [2.24, 2.45) is 5.92 Å². The highest BCUT2D eigenvalue weighted by molar-refractivity contribution is 9.10. The first-order chi connectivity index (χ1) is 8.20. The average Bonchev–Trinajstić information content (AvgIpc) is 2.29. The zero-order chi connectivity index (χ0) is 12.3. The van der Waals surface area contributed by atoms with Gasteiger partial charge in [-0.1, -0.05) is 0 Å². The van der Waals surface area contributed by atoms with Crippen molar-refractivity contribution in [1.29, 1.82) is 0 Å². The molecule has 0 radical (unpaired) electrons. The Hall–Kier alpha value is -0.810. The maximum absolute atomic E-state index is 9.00. The number of piperidine rings is 1. The molecule has 1 atom stereocenters. The summed E-state index contributed by atoms with van der Waals surface area (Å²) in [6, 6.07) is 1.89. The van der Waals surface area contributed by atoms with Crippen LogP contribution in [0.25, 0.3) is 0 Å². The number of halogens is 1. The maximum atomic E-state index is 9.00. The molecule has 2 heterocycles. The predicted octanol–water partition coefficient (Wildman–Crippen LogP) is 2.03. The van der Waals surface area contributed by atoms with Gasteiger partial charge in [-0.15, -0.1) is 0 Å². The molecule has 1 aliphatic heterocycles. The maximum Gasteiger partial charge on any atom is 0.151 e. The first-order valence-electron chi connectivity index (χ1n) is 5.97. The third-order valence-corrected chi connectivity index (χ3v) is 3.65. The number of hydrogen-bond donors (Lipinski definition) is 2. The van der Waals surface area contributed by atoms with Crippen LogP contribution in [0, 0.1) is 5.92 Å². The number of rotatable bonds is 3. The van der Waals surface area contributed by atoms with Gasteiger partial charge in [-0.25, -0.2) is 4.98 Å². The second-order valence-corrected chi connectivity index (χ2v) is 5.45. The molecule has 94 valence electrons. The van der Waals surface area contributed by atoms with Crippen LogP contribution in [0.2, 0.25) is 0 Å². The van der Waals surface area contributed by atoms with E-state index in [-0.39, 0.29) is 6.61 Å². The van der Waals surface area contributed by atoms with Gasteiger partial charge in [0.15, 0.2) is 5.82 Å². The summed E-state index contributed by atoms with van der Waals surface area (Å²) in [5.74, 6) is 1.43. The zero-order valence-electron chi connectivity index (χ0n) is 9.77. The lowest BCUT2D eigenvalue weighted by molar-refractivity contribution is 0.244. The smallest absolute Gasteiger partial charge is 0.151 e. The molecular weight excluding hydrogens is 282 g/mol. The predicted molar refractivity (Wildman–Crippen MR) is 73.0 cm³/mol. The lowest BCUT2D eigenvalue weighted by Crippen LogP contribution is -2.36. The van der Waals surface area contributed by atoms with Gasteiger partial charge in [0.1, 0.15) is 0 Å². The largest absolute Gasteiger partial charge is 0.396 e. The van der Waals surface area contributed by atoms with Crippen LogP contribution in [-0.2, 0) is 0 Å². The Morgan fingerprint density at radius 3 is 3.12 bits per heavy atom. The first-order valence-corrected chi connectivity index (χ1v) is 6.77. The summed E-state index contributed by atoms with van der Waals surface area (Å²) in [7, 11) is 0. The lowest BCUT2D eigenvalue weighted by Gasteiger charge is -2.34. The average molecular weight is 300 g/mol. The van der Waals surface area contributed by atoms with E-state index in [0.717, 1.165) is 36.2 Å². The van der Waals surface area contributed by atoms with Crippen molar-refractivity contribution in [3.63, 3.8) is 0 Å². The van der Waals surface area contributed by atoms with E-state index >= 15 is 0 Å². The summed E-state index contributed by atoms with van der Waals surface area (Å²) < 4.78 is 0.905. The third kappa shape index (κ3) is 3.10. The Bertz CT molecular complexity index is 384. The normalized spacial score (nSPS) is 20.6. The number of nitrogen functional groups attached to an aromatic ring is 1. The summed E-state index contributed by atoms with van der Waals surface area (Å²) in [6.45, 7) is 2.21. The minimum absolute atomic E-state index is 0.266. The summed E-state index contributed by atoms with van der Waals surface area (Å²) in [5.41, 5.74) is 6.70. The number of aliphatic hydroxyl groups excluding tert-OH is 1. The van der Waals surface area contributed by atoms with E-state index in [4.69, 9.17) is 10.8 Å². The molecule has 0 aliphatic carbocycles. The molecular formula is C12H18BrN3O. The molecule has 0 aromatic carbocycles. The molecule has 2 rings (SSSR count). The number of aliphatic hydroxyl groups is 1. The van der Waals surface area contributed by atoms with Crippen molar-refractivity contribution < 1.29 is 5.11 Å². The number of pyridine rings is 1. The van der Waals surface area contributed by atoms with E-state index < -0.39 is 0 Å². The second-order valence-electron chi connectivity index (χ2n) is 4.53. The van der Waals surface area contributed by atoms with Crippen LogP contribution in [0.4, 0.5) is 11.5 Å². The van der Waals surface area contributed by atoms with Gasteiger partial charge in [-0.3, -0.25) is 0 Å². The summed E-state index contributed by atoms with van der Waals surface area (Å²) in [5, 5.41) is 9.00. The number of nitrogens with zero attached hydrogens (tertiary/aromatic N) is 2. The van der Waals surface area contributed by atoms with Gasteiger partial charge in [0.05, 0.1) is 5.69 Å². The Morgan fingerprint density at radius 2 is 2.41 bits per heavy atom. The molecule has 0 saturated carbocycles. The van der Waals surface area contributed by atoms with Gasteiger partial charge in [0, 0.05) is 30.4 Å². The molecule has 1 aromatic rings. The van der Waals surface area contributed by atoms with Crippen molar-refractivity contribution in [1.82, 2.24) is 4.98 Å². The zero-order valence-corrected chi connectivity index (χ0v) is 11.4. The van der Waals surface area contributed by atoms with Crippen molar-refractivity contribution >= 4 is 27.4 Å². The second kappa shape index (κ2) is 5.69. The van der Waals surface area contributed by atoms with Crippen LogP contribution >= 0.6 is 15.9 Å². The molecule has 1 saturated heterocycles. The van der Waals surface area contributed by atoms with Crippen LogP contribution in [-0.4, -0.2) is 29.8 Å². The SMILES string of the molecule is Nc1cc(Br)cnc1N1CCCC(CCO)C1. The van der Waals surface area contributed by atoms with Crippen LogP contribution in [0.3, 0.4) is 0 Å². The van der Waals surface area contributed by atoms with Crippen molar-refractivity contribution in [3.8, 4) is 0 Å². The number of hydrogen-bond acceptors (Lipinski definition) is 4. The quantitative estimate of drug-likeness (QED) is 0.896. The van der Waals surface area contributed by atoms with E-state index in [2.05, 4.69) is 25.8 Å². The molecule has 0 amide bonds. The fourth-order valence-electron chi connectivity index (χ4n) is 2.39. The van der Waals surface area contributed by atoms with Crippen LogP contribution in [0.5, 0.6) is 0 Å². The van der Waals surface area contributed by atoms with Crippen molar-refractivity contribution in [2.45, 2.75) is 19.3 Å². The number of nitrogens with two attached hydrogens (primary N) is 1. The molecule has 1 unspecified atom stereocenters. The Labute approximate surface area is 110 Å². The summed E-state index contributed by atoms with van der Waals surface area (Å²) in [4.78, 5) is 6.62. The third-order valence-electron chi connectivity index (χ3n) is 3.22.